The fraction of sp³-hybridized carbons (Fsp3) is 0.214. The molecule has 0 aliphatic rings. The third-order valence-electron chi connectivity index (χ3n) is 2.75. The number of aromatic nitrogens is 1. The normalized spacial score (nSPS) is 10.8. The average Bonchev–Trinajstić information content (AvgIpc) is 2.74. The zero-order valence-electron chi connectivity index (χ0n) is 9.83. The van der Waals surface area contributed by atoms with E-state index >= 15 is 0 Å². The first-order chi connectivity index (χ1) is 8.11. The van der Waals surface area contributed by atoms with Crippen LogP contribution in [-0.4, -0.2) is 11.3 Å². The van der Waals surface area contributed by atoms with Gasteiger partial charge in [-0.2, -0.15) is 0 Å². The molecule has 3 heteroatoms. The van der Waals surface area contributed by atoms with Crippen LogP contribution in [0.25, 0.3) is 11.3 Å². The van der Waals surface area contributed by atoms with Crippen LogP contribution in [0.3, 0.4) is 0 Å². The molecule has 2 rings (SSSR count). The van der Waals surface area contributed by atoms with E-state index < -0.39 is 0 Å². The molecular formula is C14H14FNO. The van der Waals surface area contributed by atoms with E-state index in [0.717, 1.165) is 23.1 Å². The van der Waals surface area contributed by atoms with E-state index in [1.807, 2.05) is 6.07 Å². The number of aromatic amines is 1. The predicted molar refractivity (Wildman–Crippen MR) is 65.7 cm³/mol. The van der Waals surface area contributed by atoms with E-state index in [1.165, 1.54) is 12.1 Å². The molecule has 0 aliphatic carbocycles. The molecule has 2 aromatic rings. The minimum atomic E-state index is -0.262. The van der Waals surface area contributed by atoms with Gasteiger partial charge in [-0.1, -0.05) is 13.8 Å². The van der Waals surface area contributed by atoms with Crippen molar-refractivity contribution in [3.05, 3.63) is 47.4 Å². The molecule has 2 nitrogen and oxygen atoms in total. The smallest absolute Gasteiger partial charge is 0.166 e. The highest BCUT2D eigenvalue weighted by atomic mass is 19.1. The number of benzene rings is 1. The van der Waals surface area contributed by atoms with Crippen molar-refractivity contribution in [1.82, 2.24) is 4.98 Å². The first kappa shape index (κ1) is 11.6. The van der Waals surface area contributed by atoms with E-state index in [4.69, 9.17) is 0 Å². The van der Waals surface area contributed by atoms with Gasteiger partial charge in [0.1, 0.15) is 5.82 Å². The third kappa shape index (κ3) is 2.28. The van der Waals surface area contributed by atoms with Crippen LogP contribution < -0.4 is 0 Å². The van der Waals surface area contributed by atoms with Crippen LogP contribution in [0.4, 0.5) is 4.39 Å². The van der Waals surface area contributed by atoms with Gasteiger partial charge in [-0.25, -0.2) is 4.39 Å². The summed E-state index contributed by atoms with van der Waals surface area (Å²) in [7, 11) is 0. The van der Waals surface area contributed by atoms with Gasteiger partial charge in [0.25, 0.3) is 0 Å². The van der Waals surface area contributed by atoms with E-state index in [-0.39, 0.29) is 5.82 Å². The summed E-state index contributed by atoms with van der Waals surface area (Å²) in [4.78, 5) is 13.8. The van der Waals surface area contributed by atoms with Crippen LogP contribution in [0.5, 0.6) is 0 Å². The van der Waals surface area contributed by atoms with Crippen LogP contribution >= 0.6 is 0 Å². The zero-order chi connectivity index (χ0) is 12.4. The largest absolute Gasteiger partial charge is 0.352 e. The minimum absolute atomic E-state index is 0.262. The third-order valence-corrected chi connectivity index (χ3v) is 2.75. The Morgan fingerprint density at radius 2 is 1.88 bits per heavy atom. The minimum Gasteiger partial charge on any atom is -0.352 e. The standard InChI is InChI=1S/C14H14FNO/c1-9(2)13-7-12(8-17)16-14(13)10-3-5-11(15)6-4-10/h3-9,16H,1-2H3. The quantitative estimate of drug-likeness (QED) is 0.801. The highest BCUT2D eigenvalue weighted by molar-refractivity contribution is 5.77. The number of aldehydes is 1. The predicted octanol–water partition coefficient (Wildman–Crippen LogP) is 3.76. The maximum Gasteiger partial charge on any atom is 0.166 e. The summed E-state index contributed by atoms with van der Waals surface area (Å²) in [6.45, 7) is 4.12. The van der Waals surface area contributed by atoms with E-state index in [0.29, 0.717) is 11.6 Å². The molecule has 0 unspecified atom stereocenters. The maximum absolute atomic E-state index is 12.9. The average molecular weight is 231 g/mol. The summed E-state index contributed by atoms with van der Waals surface area (Å²) in [5.41, 5.74) is 3.40. The van der Waals surface area contributed by atoms with E-state index in [2.05, 4.69) is 18.8 Å². The molecule has 0 radical (unpaired) electrons. The molecule has 0 fully saturated rings. The highest BCUT2D eigenvalue weighted by Crippen LogP contribution is 2.29. The lowest BCUT2D eigenvalue weighted by Crippen LogP contribution is -1.89. The molecule has 1 N–H and O–H groups in total. The molecule has 0 spiro atoms. The second kappa shape index (κ2) is 4.53. The number of carbonyl (C=O) groups excluding carboxylic acids is 1. The number of nitrogens with one attached hydrogen (secondary N) is 1. The zero-order valence-corrected chi connectivity index (χ0v) is 9.83. The summed E-state index contributed by atoms with van der Waals surface area (Å²) >= 11 is 0. The van der Waals surface area contributed by atoms with Gasteiger partial charge in [-0.15, -0.1) is 0 Å². The lowest BCUT2D eigenvalue weighted by Gasteiger charge is -2.07. The van der Waals surface area contributed by atoms with Crippen LogP contribution in [0.1, 0.15) is 35.8 Å². The molecule has 1 heterocycles. The first-order valence-electron chi connectivity index (χ1n) is 5.56. The molecule has 17 heavy (non-hydrogen) atoms. The van der Waals surface area contributed by atoms with Crippen molar-refractivity contribution in [2.45, 2.75) is 19.8 Å². The van der Waals surface area contributed by atoms with Crippen LogP contribution in [0, 0.1) is 5.82 Å². The monoisotopic (exact) mass is 231 g/mol. The van der Waals surface area contributed by atoms with Crippen LogP contribution in [0.2, 0.25) is 0 Å². The number of carbonyl (C=O) groups is 1. The molecule has 0 saturated carbocycles. The molecule has 0 atom stereocenters. The Morgan fingerprint density at radius 1 is 1.24 bits per heavy atom. The van der Waals surface area contributed by atoms with Crippen LogP contribution in [0.15, 0.2) is 30.3 Å². The Labute approximate surface area is 99.5 Å². The van der Waals surface area contributed by atoms with Crippen molar-refractivity contribution < 1.29 is 9.18 Å². The molecule has 0 bridgehead atoms. The molecule has 1 aromatic heterocycles. The lowest BCUT2D eigenvalue weighted by atomic mass is 9.99. The summed E-state index contributed by atoms with van der Waals surface area (Å²) < 4.78 is 12.9. The Kier molecular flexibility index (Phi) is 3.09. The molecular weight excluding hydrogens is 217 g/mol. The number of halogens is 1. The summed E-state index contributed by atoms with van der Waals surface area (Å²) in [6.07, 6.45) is 0.791. The molecule has 0 aliphatic heterocycles. The fourth-order valence-electron chi connectivity index (χ4n) is 1.87. The van der Waals surface area contributed by atoms with E-state index in [1.54, 1.807) is 12.1 Å². The molecule has 88 valence electrons. The van der Waals surface area contributed by atoms with Crippen molar-refractivity contribution in [2.24, 2.45) is 0 Å². The van der Waals surface area contributed by atoms with Gasteiger partial charge >= 0.3 is 0 Å². The molecule has 1 aromatic carbocycles. The molecule has 0 amide bonds. The van der Waals surface area contributed by atoms with Gasteiger partial charge in [0.05, 0.1) is 5.69 Å². The SMILES string of the molecule is CC(C)c1cc(C=O)[nH]c1-c1ccc(F)cc1. The van der Waals surface area contributed by atoms with Gasteiger partial charge in [0, 0.05) is 5.69 Å². The summed E-state index contributed by atoms with van der Waals surface area (Å²) in [6, 6.07) is 8.10. The lowest BCUT2D eigenvalue weighted by molar-refractivity contribution is 0.111. The summed E-state index contributed by atoms with van der Waals surface area (Å²) in [5, 5.41) is 0. The topological polar surface area (TPSA) is 32.9 Å². The van der Waals surface area contributed by atoms with Gasteiger partial charge in [0.2, 0.25) is 0 Å². The van der Waals surface area contributed by atoms with Crippen LogP contribution in [-0.2, 0) is 0 Å². The number of hydrogen-bond donors (Lipinski definition) is 1. The number of H-pyrrole nitrogens is 1. The van der Waals surface area contributed by atoms with Crippen molar-refractivity contribution in [3.63, 3.8) is 0 Å². The highest BCUT2D eigenvalue weighted by Gasteiger charge is 2.12. The number of hydrogen-bond acceptors (Lipinski definition) is 1. The first-order valence-corrected chi connectivity index (χ1v) is 5.56. The summed E-state index contributed by atoms with van der Waals surface area (Å²) in [5.74, 6) is 0.0435. The Hall–Kier alpha value is -1.90. The maximum atomic E-state index is 12.9. The van der Waals surface area contributed by atoms with Gasteiger partial charge in [-0.05, 0) is 47.4 Å². The van der Waals surface area contributed by atoms with Crippen molar-refractivity contribution in [3.8, 4) is 11.3 Å². The van der Waals surface area contributed by atoms with Gasteiger partial charge < -0.3 is 4.98 Å². The van der Waals surface area contributed by atoms with E-state index in [9.17, 15) is 9.18 Å². The fourth-order valence-corrected chi connectivity index (χ4v) is 1.87. The second-order valence-corrected chi connectivity index (χ2v) is 4.33. The second-order valence-electron chi connectivity index (χ2n) is 4.33. The Balaban J connectivity index is 2.53. The number of rotatable bonds is 3. The van der Waals surface area contributed by atoms with Crippen molar-refractivity contribution in [2.75, 3.05) is 0 Å². The molecule has 0 saturated heterocycles. The van der Waals surface area contributed by atoms with Gasteiger partial charge in [0.15, 0.2) is 6.29 Å². The van der Waals surface area contributed by atoms with Crippen molar-refractivity contribution >= 4 is 6.29 Å². The Morgan fingerprint density at radius 3 is 2.41 bits per heavy atom. The van der Waals surface area contributed by atoms with Crippen molar-refractivity contribution in [1.29, 1.82) is 0 Å². The van der Waals surface area contributed by atoms with Gasteiger partial charge in [-0.3, -0.25) is 4.79 Å². The Bertz CT molecular complexity index is 526.